The van der Waals surface area contributed by atoms with Crippen LogP contribution in [-0.2, 0) is 21.8 Å². The van der Waals surface area contributed by atoms with E-state index in [1.54, 1.807) is 6.07 Å². The average Bonchev–Trinajstić information content (AvgIpc) is 3.10. The molecule has 0 bridgehead atoms. The number of carbonyl (C=O) groups is 2. The van der Waals surface area contributed by atoms with Crippen LogP contribution in [0, 0.1) is 20.8 Å². The predicted octanol–water partition coefficient (Wildman–Crippen LogP) is 4.90. The fourth-order valence-corrected chi connectivity index (χ4v) is 5.07. The summed E-state index contributed by atoms with van der Waals surface area (Å²) in [5, 5.41) is 13.8. The van der Waals surface area contributed by atoms with Crippen molar-refractivity contribution in [1.82, 2.24) is 5.32 Å². The van der Waals surface area contributed by atoms with Crippen molar-refractivity contribution in [3.05, 3.63) is 80.9 Å². The zero-order chi connectivity index (χ0) is 25.1. The molecule has 2 heterocycles. The van der Waals surface area contributed by atoms with Gasteiger partial charge in [-0.2, -0.15) is 11.8 Å². The number of hydrogen-bond acceptors (Lipinski definition) is 6. The molecule has 1 unspecified atom stereocenters. The molecule has 35 heavy (non-hydrogen) atoms. The second-order valence-electron chi connectivity index (χ2n) is 8.58. The Bertz CT molecular complexity index is 1450. The lowest BCUT2D eigenvalue weighted by Gasteiger charge is -2.14. The number of aliphatic carboxylic acids is 1. The Balaban J connectivity index is 1.44. The summed E-state index contributed by atoms with van der Waals surface area (Å²) in [5.41, 5.74) is 3.86. The van der Waals surface area contributed by atoms with E-state index in [1.165, 1.54) is 11.8 Å². The van der Waals surface area contributed by atoms with E-state index in [-0.39, 0.29) is 18.6 Å². The highest BCUT2D eigenvalue weighted by molar-refractivity contribution is 7.98. The third-order valence-corrected chi connectivity index (χ3v) is 7.32. The molecule has 2 aromatic carbocycles. The van der Waals surface area contributed by atoms with Crippen molar-refractivity contribution in [1.29, 1.82) is 0 Å². The van der Waals surface area contributed by atoms with Crippen molar-refractivity contribution in [3.8, 4) is 0 Å². The fraction of sp³-hybridized carbons (Fsp3) is 0.296. The molecule has 0 saturated heterocycles. The van der Waals surface area contributed by atoms with Crippen LogP contribution < -0.4 is 10.9 Å². The van der Waals surface area contributed by atoms with Crippen molar-refractivity contribution in [3.63, 3.8) is 0 Å². The Morgan fingerprint density at radius 1 is 1.00 bits per heavy atom. The molecule has 2 aromatic heterocycles. The Kier molecular flexibility index (Phi) is 7.31. The first-order valence-corrected chi connectivity index (χ1v) is 12.5. The van der Waals surface area contributed by atoms with E-state index in [1.807, 2.05) is 57.2 Å². The highest BCUT2D eigenvalue weighted by Gasteiger charge is 2.21. The van der Waals surface area contributed by atoms with Crippen LogP contribution in [0.4, 0.5) is 0 Å². The number of hydrogen-bond donors (Lipinski definition) is 2. The van der Waals surface area contributed by atoms with E-state index in [0.29, 0.717) is 22.5 Å². The van der Waals surface area contributed by atoms with Gasteiger partial charge in [0.25, 0.3) is 0 Å². The van der Waals surface area contributed by atoms with Gasteiger partial charge in [-0.05, 0) is 49.9 Å². The van der Waals surface area contributed by atoms with Crippen LogP contribution in [0.15, 0.2) is 56.1 Å². The van der Waals surface area contributed by atoms with E-state index in [9.17, 15) is 19.5 Å². The minimum Gasteiger partial charge on any atom is -0.480 e. The van der Waals surface area contributed by atoms with Crippen molar-refractivity contribution in [2.45, 2.75) is 45.4 Å². The standard InChI is InChI=1S/C27H27NO6S/c1-15-17(3)33-23-12-24-21(11-20(15)23)16(2)19(27(32)34-24)9-10-25(29)28-22(26(30)31)14-35-13-18-7-5-4-6-8-18/h4-8,11-12,22H,9-10,13-14H2,1-3H3,(H,28,29)(H,30,31). The lowest BCUT2D eigenvalue weighted by atomic mass is 10.0. The summed E-state index contributed by atoms with van der Waals surface area (Å²) in [4.78, 5) is 36.8. The number of carboxylic acid groups (broad SMARTS) is 1. The zero-order valence-electron chi connectivity index (χ0n) is 19.8. The van der Waals surface area contributed by atoms with Gasteiger partial charge in [0.15, 0.2) is 0 Å². The van der Waals surface area contributed by atoms with Crippen LogP contribution in [0.1, 0.15) is 34.4 Å². The summed E-state index contributed by atoms with van der Waals surface area (Å²) >= 11 is 1.44. The molecule has 0 fully saturated rings. The first-order valence-electron chi connectivity index (χ1n) is 11.3. The summed E-state index contributed by atoms with van der Waals surface area (Å²) in [6.07, 6.45) is 0.136. The van der Waals surface area contributed by atoms with E-state index in [4.69, 9.17) is 8.83 Å². The smallest absolute Gasteiger partial charge is 0.339 e. The fourth-order valence-electron chi connectivity index (χ4n) is 4.06. The van der Waals surface area contributed by atoms with Gasteiger partial charge >= 0.3 is 11.6 Å². The number of thioether (sulfide) groups is 1. The SMILES string of the molecule is Cc1oc2cc3oc(=O)c(CCC(=O)NC(CSCc4ccccc4)C(=O)O)c(C)c3cc2c1C. The first-order chi connectivity index (χ1) is 16.7. The van der Waals surface area contributed by atoms with Gasteiger partial charge in [0.05, 0.1) is 0 Å². The van der Waals surface area contributed by atoms with Crippen LogP contribution in [-0.4, -0.2) is 28.8 Å². The molecular weight excluding hydrogens is 466 g/mol. The monoisotopic (exact) mass is 493 g/mol. The summed E-state index contributed by atoms with van der Waals surface area (Å²) in [5.74, 6) is 0.193. The van der Waals surface area contributed by atoms with Gasteiger partial charge in [0.1, 0.15) is 23.0 Å². The number of aryl methyl sites for hydroxylation is 3. The van der Waals surface area contributed by atoms with E-state index < -0.39 is 23.5 Å². The number of benzene rings is 2. The zero-order valence-corrected chi connectivity index (χ0v) is 20.7. The lowest BCUT2D eigenvalue weighted by Crippen LogP contribution is -2.42. The predicted molar refractivity (Wildman–Crippen MR) is 137 cm³/mol. The van der Waals surface area contributed by atoms with Gasteiger partial charge in [-0.3, -0.25) is 4.79 Å². The summed E-state index contributed by atoms with van der Waals surface area (Å²) in [6, 6.07) is 12.4. The molecule has 0 saturated carbocycles. The number of rotatable bonds is 9. The maximum Gasteiger partial charge on any atom is 0.339 e. The van der Waals surface area contributed by atoms with Crippen molar-refractivity contribution < 1.29 is 23.5 Å². The molecule has 182 valence electrons. The molecular formula is C27H27NO6S. The largest absolute Gasteiger partial charge is 0.480 e. The summed E-state index contributed by atoms with van der Waals surface area (Å²) in [6.45, 7) is 5.70. The topological polar surface area (TPSA) is 110 Å². The van der Waals surface area contributed by atoms with Crippen molar-refractivity contribution >= 4 is 45.6 Å². The second kappa shape index (κ2) is 10.4. The number of furan rings is 1. The third kappa shape index (κ3) is 5.43. The Hall–Kier alpha value is -3.52. The molecule has 0 aliphatic heterocycles. The molecule has 4 rings (SSSR count). The van der Waals surface area contributed by atoms with Gasteiger partial charge < -0.3 is 19.3 Å². The molecule has 1 amide bonds. The Labute approximate surface area is 206 Å². The minimum absolute atomic E-state index is 0.0175. The quantitative estimate of drug-likeness (QED) is 0.319. The average molecular weight is 494 g/mol. The molecule has 7 nitrogen and oxygen atoms in total. The van der Waals surface area contributed by atoms with Crippen molar-refractivity contribution in [2.75, 3.05) is 5.75 Å². The summed E-state index contributed by atoms with van der Waals surface area (Å²) < 4.78 is 11.3. The van der Waals surface area contributed by atoms with E-state index in [2.05, 4.69) is 5.32 Å². The molecule has 0 spiro atoms. The molecule has 0 aliphatic carbocycles. The number of nitrogens with one attached hydrogen (secondary N) is 1. The maximum atomic E-state index is 12.7. The Morgan fingerprint density at radius 3 is 2.40 bits per heavy atom. The van der Waals surface area contributed by atoms with E-state index in [0.717, 1.165) is 33.2 Å². The van der Waals surface area contributed by atoms with Crippen LogP contribution in [0.2, 0.25) is 0 Å². The van der Waals surface area contributed by atoms with Gasteiger partial charge in [0.2, 0.25) is 5.91 Å². The highest BCUT2D eigenvalue weighted by Crippen LogP contribution is 2.31. The van der Waals surface area contributed by atoms with E-state index >= 15 is 0 Å². The molecule has 8 heteroatoms. The number of fused-ring (bicyclic) bond motifs is 2. The number of amides is 1. The van der Waals surface area contributed by atoms with Gasteiger partial charge in [0, 0.05) is 40.3 Å². The van der Waals surface area contributed by atoms with Crippen LogP contribution in [0.5, 0.6) is 0 Å². The molecule has 1 atom stereocenters. The maximum absolute atomic E-state index is 12.7. The molecule has 4 aromatic rings. The van der Waals surface area contributed by atoms with Crippen molar-refractivity contribution in [2.24, 2.45) is 0 Å². The molecule has 0 aliphatic rings. The second-order valence-corrected chi connectivity index (χ2v) is 9.61. The Morgan fingerprint density at radius 2 is 1.69 bits per heavy atom. The number of carboxylic acids is 1. The van der Waals surface area contributed by atoms with Crippen LogP contribution >= 0.6 is 11.8 Å². The van der Waals surface area contributed by atoms with Gasteiger partial charge in [-0.25, -0.2) is 9.59 Å². The molecule has 0 radical (unpaired) electrons. The summed E-state index contributed by atoms with van der Waals surface area (Å²) in [7, 11) is 0. The normalized spacial score (nSPS) is 12.2. The van der Waals surface area contributed by atoms with Crippen LogP contribution in [0.25, 0.3) is 21.9 Å². The minimum atomic E-state index is -1.09. The van der Waals surface area contributed by atoms with Gasteiger partial charge in [-0.1, -0.05) is 30.3 Å². The van der Waals surface area contributed by atoms with Gasteiger partial charge in [-0.15, -0.1) is 0 Å². The number of carbonyl (C=O) groups excluding carboxylic acids is 1. The molecule has 2 N–H and O–H groups in total. The highest BCUT2D eigenvalue weighted by atomic mass is 32.2. The third-order valence-electron chi connectivity index (χ3n) is 6.21. The first kappa shape index (κ1) is 24.6. The lowest BCUT2D eigenvalue weighted by molar-refractivity contribution is -0.141. The van der Waals surface area contributed by atoms with Crippen LogP contribution in [0.3, 0.4) is 0 Å².